The van der Waals surface area contributed by atoms with E-state index in [1.807, 2.05) is 0 Å². The first-order chi connectivity index (χ1) is 50.4. The molecule has 104 heavy (non-hydrogen) atoms. The number of hydrogen-bond donors (Lipinski definition) is 3. The third-order valence-corrected chi connectivity index (χ3v) is 22.2. The van der Waals surface area contributed by atoms with E-state index in [1.54, 1.807) is 0 Å². The molecule has 0 aliphatic carbocycles. The largest absolute Gasteiger partial charge is 0.472 e. The molecule has 0 aliphatic rings. The molecule has 0 saturated heterocycles. The molecule has 0 amide bonds. The van der Waals surface area contributed by atoms with E-state index in [0.717, 1.165) is 102 Å². The van der Waals surface area contributed by atoms with Crippen LogP contribution in [-0.2, 0) is 65.4 Å². The van der Waals surface area contributed by atoms with Crippen LogP contribution >= 0.6 is 15.6 Å². The van der Waals surface area contributed by atoms with Crippen molar-refractivity contribution in [2.45, 2.75) is 471 Å². The van der Waals surface area contributed by atoms with E-state index in [4.69, 9.17) is 37.0 Å². The van der Waals surface area contributed by atoms with Gasteiger partial charge in [0.1, 0.15) is 19.3 Å². The van der Waals surface area contributed by atoms with Gasteiger partial charge in [0.15, 0.2) is 12.2 Å². The average molecular weight is 1520 g/mol. The number of hydrogen-bond acceptors (Lipinski definition) is 15. The van der Waals surface area contributed by atoms with Gasteiger partial charge in [0.05, 0.1) is 26.4 Å². The van der Waals surface area contributed by atoms with Crippen molar-refractivity contribution >= 4 is 39.5 Å². The van der Waals surface area contributed by atoms with Crippen LogP contribution in [0.25, 0.3) is 0 Å². The summed E-state index contributed by atoms with van der Waals surface area (Å²) < 4.78 is 68.9. The highest BCUT2D eigenvalue weighted by Gasteiger charge is 2.30. The molecule has 0 rings (SSSR count). The molecule has 0 fully saturated rings. The minimum atomic E-state index is -4.96. The Kier molecular flexibility index (Phi) is 75.0. The fourth-order valence-electron chi connectivity index (χ4n) is 13.2. The van der Waals surface area contributed by atoms with Gasteiger partial charge in [-0.3, -0.25) is 37.3 Å². The van der Waals surface area contributed by atoms with Crippen LogP contribution in [0.1, 0.15) is 452 Å². The van der Waals surface area contributed by atoms with E-state index in [9.17, 15) is 43.2 Å². The molecule has 0 heterocycles. The Hall–Kier alpha value is -1.94. The summed E-state index contributed by atoms with van der Waals surface area (Å²) in [6.07, 6.45) is 67.9. The van der Waals surface area contributed by atoms with Gasteiger partial charge >= 0.3 is 39.5 Å². The highest BCUT2D eigenvalue weighted by molar-refractivity contribution is 7.47. The number of phosphoric acid groups is 2. The summed E-state index contributed by atoms with van der Waals surface area (Å²) in [4.78, 5) is 73.2. The lowest BCUT2D eigenvalue weighted by molar-refractivity contribution is -0.161. The number of rotatable bonds is 84. The minimum Gasteiger partial charge on any atom is -0.462 e. The Morgan fingerprint density at radius 1 is 0.279 bits per heavy atom. The summed E-state index contributed by atoms with van der Waals surface area (Å²) in [5.41, 5.74) is 0. The second kappa shape index (κ2) is 76.4. The first-order valence-electron chi connectivity index (χ1n) is 44.0. The molecular weight excluding hydrogens is 1350 g/mol. The zero-order valence-electron chi connectivity index (χ0n) is 68.3. The smallest absolute Gasteiger partial charge is 0.462 e. The van der Waals surface area contributed by atoms with E-state index in [-0.39, 0.29) is 25.7 Å². The highest BCUT2D eigenvalue weighted by atomic mass is 31.2. The molecule has 0 aromatic rings. The summed E-state index contributed by atoms with van der Waals surface area (Å²) in [6.45, 7) is 9.73. The van der Waals surface area contributed by atoms with E-state index in [1.165, 1.54) is 270 Å². The van der Waals surface area contributed by atoms with Gasteiger partial charge in [0.25, 0.3) is 0 Å². The fraction of sp³-hybridized carbons (Fsp3) is 0.953. The van der Waals surface area contributed by atoms with Crippen LogP contribution in [0, 0.1) is 11.8 Å². The average Bonchev–Trinajstić information content (AvgIpc) is 0.907. The monoisotopic (exact) mass is 1520 g/mol. The number of carbonyl (C=O) groups excluding carboxylic acids is 4. The maximum Gasteiger partial charge on any atom is 0.472 e. The van der Waals surface area contributed by atoms with Gasteiger partial charge in [-0.25, -0.2) is 9.13 Å². The van der Waals surface area contributed by atoms with Gasteiger partial charge in [0.2, 0.25) is 0 Å². The van der Waals surface area contributed by atoms with Crippen LogP contribution in [-0.4, -0.2) is 96.7 Å². The molecule has 0 aliphatic heterocycles. The van der Waals surface area contributed by atoms with Crippen molar-refractivity contribution in [3.05, 3.63) is 0 Å². The van der Waals surface area contributed by atoms with E-state index >= 15 is 0 Å². The lowest BCUT2D eigenvalue weighted by atomic mass is 9.99. The maximum atomic E-state index is 13.1. The lowest BCUT2D eigenvalue weighted by Crippen LogP contribution is -2.30. The fourth-order valence-corrected chi connectivity index (χ4v) is 14.8. The standard InChI is InChI=1S/C85H166O17P2/c1-7-10-12-14-16-18-20-22-28-33-36-43-49-55-61-67-82(87)95-73-80(101-85(90)70-64-58-52-46-38-34-30-27-25-24-26-29-31-35-42-48-54-60-66-78(6)9-3)75-99-103(91,92)97-71-79(86)72-98-104(93,94)100-76-81(74-96-83(88)68-62-56-50-44-40-39-41-47-53-59-65-77(4)5)102-84(89)69-63-57-51-45-37-32-23-21-19-17-15-13-11-8-2/h77-81,86H,7-76H2,1-6H3,(H,91,92)(H,93,94)/t78?,79-,80-,81-/m1/s1. The van der Waals surface area contributed by atoms with Crippen molar-refractivity contribution in [3.63, 3.8) is 0 Å². The number of aliphatic hydroxyl groups is 1. The Morgan fingerprint density at radius 2 is 0.490 bits per heavy atom. The molecule has 0 aromatic heterocycles. The van der Waals surface area contributed by atoms with Crippen molar-refractivity contribution in [2.75, 3.05) is 39.6 Å². The van der Waals surface area contributed by atoms with Crippen LogP contribution in [0.4, 0.5) is 0 Å². The van der Waals surface area contributed by atoms with Gasteiger partial charge in [-0.1, -0.05) is 401 Å². The normalized spacial score (nSPS) is 14.1. The Labute approximate surface area is 638 Å². The summed E-state index contributed by atoms with van der Waals surface area (Å²) >= 11 is 0. The van der Waals surface area contributed by atoms with Gasteiger partial charge in [-0.2, -0.15) is 0 Å². The zero-order valence-corrected chi connectivity index (χ0v) is 70.1. The van der Waals surface area contributed by atoms with Gasteiger partial charge < -0.3 is 33.8 Å². The number of aliphatic hydroxyl groups excluding tert-OH is 1. The number of carbonyl (C=O) groups is 4. The molecular formula is C85H166O17P2. The molecule has 0 bridgehead atoms. The lowest BCUT2D eigenvalue weighted by Gasteiger charge is -2.21. The molecule has 618 valence electrons. The van der Waals surface area contributed by atoms with Crippen molar-refractivity contribution < 1.29 is 80.2 Å². The summed E-state index contributed by atoms with van der Waals surface area (Å²) in [5.74, 6) is -0.471. The van der Waals surface area contributed by atoms with Crippen LogP contribution in [0.2, 0.25) is 0 Å². The number of unbranched alkanes of at least 4 members (excludes halogenated alkanes) is 53. The van der Waals surface area contributed by atoms with Gasteiger partial charge in [-0.15, -0.1) is 0 Å². The molecule has 0 saturated carbocycles. The second-order valence-corrected chi connectivity index (χ2v) is 34.2. The minimum absolute atomic E-state index is 0.108. The molecule has 17 nitrogen and oxygen atoms in total. The van der Waals surface area contributed by atoms with E-state index in [2.05, 4.69) is 41.5 Å². The van der Waals surface area contributed by atoms with Gasteiger partial charge in [-0.05, 0) is 37.5 Å². The number of ether oxygens (including phenoxy) is 4. The van der Waals surface area contributed by atoms with Crippen molar-refractivity contribution in [1.82, 2.24) is 0 Å². The number of esters is 4. The van der Waals surface area contributed by atoms with E-state index in [0.29, 0.717) is 25.7 Å². The van der Waals surface area contributed by atoms with Crippen LogP contribution in [0.3, 0.4) is 0 Å². The highest BCUT2D eigenvalue weighted by Crippen LogP contribution is 2.45. The molecule has 6 atom stereocenters. The van der Waals surface area contributed by atoms with Crippen molar-refractivity contribution in [1.29, 1.82) is 0 Å². The van der Waals surface area contributed by atoms with Gasteiger partial charge in [0, 0.05) is 25.7 Å². The number of phosphoric ester groups is 2. The summed E-state index contributed by atoms with van der Waals surface area (Å²) in [5, 5.41) is 10.7. The molecule has 3 unspecified atom stereocenters. The summed E-state index contributed by atoms with van der Waals surface area (Å²) in [7, 11) is -9.93. The third kappa shape index (κ3) is 76.8. The van der Waals surface area contributed by atoms with Crippen molar-refractivity contribution in [2.24, 2.45) is 11.8 Å². The predicted octanol–water partition coefficient (Wildman–Crippen LogP) is 25.8. The quantitative estimate of drug-likeness (QED) is 0.0222. The van der Waals surface area contributed by atoms with E-state index < -0.39 is 97.5 Å². The first-order valence-corrected chi connectivity index (χ1v) is 47.0. The third-order valence-electron chi connectivity index (χ3n) is 20.3. The topological polar surface area (TPSA) is 237 Å². The van der Waals surface area contributed by atoms with Crippen molar-refractivity contribution in [3.8, 4) is 0 Å². The molecule has 3 N–H and O–H groups in total. The maximum absolute atomic E-state index is 13.1. The molecule has 19 heteroatoms. The summed E-state index contributed by atoms with van der Waals surface area (Å²) in [6, 6.07) is 0. The molecule has 0 aromatic carbocycles. The predicted molar refractivity (Wildman–Crippen MR) is 428 cm³/mol. The Morgan fingerprint density at radius 3 is 0.731 bits per heavy atom. The van der Waals surface area contributed by atoms with Crippen LogP contribution in [0.5, 0.6) is 0 Å². The van der Waals surface area contributed by atoms with Crippen LogP contribution in [0.15, 0.2) is 0 Å². The van der Waals surface area contributed by atoms with Crippen LogP contribution < -0.4 is 0 Å². The zero-order chi connectivity index (χ0) is 76.4. The Bertz CT molecular complexity index is 2000. The SMILES string of the molecule is CCCCCCCCCCCCCCCCCC(=O)OC[C@H](COP(=O)(O)OC[C@@H](O)COP(=O)(O)OC[C@@H](COC(=O)CCCCCCCCCCCCC(C)C)OC(=O)CCCCCCCCCCCCCCCC)OC(=O)CCCCCCCCCCCCCCCCCCCCC(C)CC. The molecule has 0 radical (unpaired) electrons. The second-order valence-electron chi connectivity index (χ2n) is 31.3. The Balaban J connectivity index is 5.24. The first kappa shape index (κ1) is 102. The molecule has 0 spiro atoms.